The van der Waals surface area contributed by atoms with Gasteiger partial charge in [-0.05, 0) is 47.4 Å². The molecular formula is C22H20ClF3N2O3. The standard InChI is InChI=1S/C22H20ClF3N2O3/c1-21(2,3)19-20(31)27-16-10-13(8-12(18(16)28-19)5-7-17(29)30)11-4-6-15(23)14(9-11)22(24,25)26/h4,6,8-10H,5,7H2,1-3H3,(H,27,31)(H,29,30). The van der Waals surface area contributed by atoms with Gasteiger partial charge in [0.1, 0.15) is 5.69 Å². The molecule has 0 amide bonds. The molecule has 3 aromatic rings. The molecule has 0 saturated heterocycles. The van der Waals surface area contributed by atoms with Crippen molar-refractivity contribution in [2.75, 3.05) is 0 Å². The summed E-state index contributed by atoms with van der Waals surface area (Å²) in [6, 6.07) is 6.66. The Morgan fingerprint density at radius 1 is 1.13 bits per heavy atom. The minimum Gasteiger partial charge on any atom is -0.481 e. The molecule has 5 nitrogen and oxygen atoms in total. The summed E-state index contributed by atoms with van der Waals surface area (Å²) in [7, 11) is 0. The smallest absolute Gasteiger partial charge is 0.417 e. The van der Waals surface area contributed by atoms with Crippen LogP contribution in [0, 0.1) is 0 Å². The second kappa shape index (κ2) is 8.00. The van der Waals surface area contributed by atoms with E-state index in [0.29, 0.717) is 22.2 Å². The maximum Gasteiger partial charge on any atom is 0.417 e. The molecule has 0 bridgehead atoms. The van der Waals surface area contributed by atoms with Crippen molar-refractivity contribution in [2.45, 2.75) is 45.2 Å². The van der Waals surface area contributed by atoms with Crippen LogP contribution in [-0.2, 0) is 22.8 Å². The number of alkyl halides is 3. The third kappa shape index (κ3) is 4.90. The van der Waals surface area contributed by atoms with E-state index in [4.69, 9.17) is 16.7 Å². The van der Waals surface area contributed by atoms with Gasteiger partial charge in [0, 0.05) is 11.8 Å². The van der Waals surface area contributed by atoms with Gasteiger partial charge in [-0.2, -0.15) is 13.2 Å². The highest BCUT2D eigenvalue weighted by atomic mass is 35.5. The number of aromatic nitrogens is 2. The number of hydrogen-bond acceptors (Lipinski definition) is 3. The van der Waals surface area contributed by atoms with Gasteiger partial charge in [0.05, 0.1) is 21.6 Å². The highest BCUT2D eigenvalue weighted by Gasteiger charge is 2.33. The molecule has 1 aromatic heterocycles. The maximum atomic E-state index is 13.3. The summed E-state index contributed by atoms with van der Waals surface area (Å²) in [5.41, 5.74) is 0.214. The van der Waals surface area contributed by atoms with Crippen LogP contribution >= 0.6 is 11.6 Å². The Labute approximate surface area is 180 Å². The lowest BCUT2D eigenvalue weighted by Gasteiger charge is -2.18. The number of benzene rings is 2. The average molecular weight is 453 g/mol. The predicted molar refractivity (Wildman–Crippen MR) is 112 cm³/mol. The number of rotatable bonds is 4. The molecule has 0 aliphatic heterocycles. The van der Waals surface area contributed by atoms with E-state index in [-0.39, 0.29) is 24.1 Å². The van der Waals surface area contributed by atoms with Crippen molar-refractivity contribution in [3.05, 3.63) is 62.5 Å². The lowest BCUT2D eigenvalue weighted by Crippen LogP contribution is -2.26. The van der Waals surface area contributed by atoms with E-state index < -0.39 is 33.7 Å². The number of halogens is 4. The van der Waals surface area contributed by atoms with Gasteiger partial charge in [-0.1, -0.05) is 38.4 Å². The Morgan fingerprint density at radius 3 is 2.39 bits per heavy atom. The molecule has 0 aliphatic carbocycles. The highest BCUT2D eigenvalue weighted by Crippen LogP contribution is 2.38. The van der Waals surface area contributed by atoms with E-state index in [9.17, 15) is 22.8 Å². The van der Waals surface area contributed by atoms with Crippen molar-refractivity contribution in [3.8, 4) is 11.1 Å². The van der Waals surface area contributed by atoms with E-state index in [1.54, 1.807) is 6.07 Å². The van der Waals surface area contributed by atoms with Gasteiger partial charge >= 0.3 is 12.1 Å². The zero-order chi connectivity index (χ0) is 23.1. The van der Waals surface area contributed by atoms with Crippen molar-refractivity contribution in [1.82, 2.24) is 9.97 Å². The predicted octanol–water partition coefficient (Wildman–Crippen LogP) is 5.58. The van der Waals surface area contributed by atoms with Gasteiger partial charge in [-0.3, -0.25) is 9.59 Å². The number of carboxylic acids is 1. The molecule has 0 radical (unpaired) electrons. The molecule has 0 aliphatic rings. The number of aromatic amines is 1. The van der Waals surface area contributed by atoms with Crippen molar-refractivity contribution in [1.29, 1.82) is 0 Å². The second-order valence-electron chi connectivity index (χ2n) is 8.28. The zero-order valence-corrected chi connectivity index (χ0v) is 17.8. The quantitative estimate of drug-likeness (QED) is 0.541. The van der Waals surface area contributed by atoms with Crippen LogP contribution in [0.5, 0.6) is 0 Å². The van der Waals surface area contributed by atoms with Gasteiger partial charge in [-0.25, -0.2) is 4.98 Å². The summed E-state index contributed by atoms with van der Waals surface area (Å²) < 4.78 is 39.9. The summed E-state index contributed by atoms with van der Waals surface area (Å²) in [5, 5.41) is 8.68. The average Bonchev–Trinajstić information content (AvgIpc) is 2.63. The molecule has 164 valence electrons. The number of aryl methyl sites for hydroxylation is 1. The van der Waals surface area contributed by atoms with Crippen LogP contribution in [0.2, 0.25) is 5.02 Å². The van der Waals surface area contributed by atoms with Crippen LogP contribution in [0.4, 0.5) is 13.2 Å². The van der Waals surface area contributed by atoms with Gasteiger partial charge < -0.3 is 10.1 Å². The second-order valence-corrected chi connectivity index (χ2v) is 8.69. The monoisotopic (exact) mass is 452 g/mol. The fourth-order valence-electron chi connectivity index (χ4n) is 3.30. The third-order valence-corrected chi connectivity index (χ3v) is 5.13. The number of carbonyl (C=O) groups is 1. The molecule has 1 heterocycles. The highest BCUT2D eigenvalue weighted by molar-refractivity contribution is 6.31. The molecule has 0 saturated carbocycles. The van der Waals surface area contributed by atoms with Crippen molar-refractivity contribution >= 4 is 28.6 Å². The minimum atomic E-state index is -4.63. The molecule has 0 fully saturated rings. The fraction of sp³-hybridized carbons (Fsp3) is 0.318. The Kier molecular flexibility index (Phi) is 5.88. The first-order chi connectivity index (χ1) is 14.3. The Balaban J connectivity index is 2.27. The van der Waals surface area contributed by atoms with E-state index in [1.165, 1.54) is 12.1 Å². The topological polar surface area (TPSA) is 83.0 Å². The molecule has 2 aromatic carbocycles. The molecule has 0 unspecified atom stereocenters. The number of carboxylic acid groups (broad SMARTS) is 1. The molecule has 3 rings (SSSR count). The summed E-state index contributed by atoms with van der Waals surface area (Å²) in [5.74, 6) is -1.02. The van der Waals surface area contributed by atoms with Crippen LogP contribution in [-0.4, -0.2) is 21.0 Å². The largest absolute Gasteiger partial charge is 0.481 e. The summed E-state index contributed by atoms with van der Waals surface area (Å²) in [4.78, 5) is 30.9. The number of fused-ring (bicyclic) bond motifs is 1. The molecule has 2 N–H and O–H groups in total. The Morgan fingerprint density at radius 2 is 1.81 bits per heavy atom. The van der Waals surface area contributed by atoms with Crippen molar-refractivity contribution in [3.63, 3.8) is 0 Å². The van der Waals surface area contributed by atoms with Gasteiger partial charge in [0.2, 0.25) is 0 Å². The Bertz CT molecular complexity index is 1230. The lowest BCUT2D eigenvalue weighted by molar-refractivity contribution is -0.138. The molecule has 0 spiro atoms. The molecule has 0 atom stereocenters. The summed E-state index contributed by atoms with van der Waals surface area (Å²) >= 11 is 5.72. The van der Waals surface area contributed by atoms with Gasteiger partial charge in [0.25, 0.3) is 5.56 Å². The van der Waals surface area contributed by atoms with Crippen LogP contribution < -0.4 is 5.56 Å². The zero-order valence-electron chi connectivity index (χ0n) is 17.0. The van der Waals surface area contributed by atoms with Gasteiger partial charge in [0.15, 0.2) is 0 Å². The SMILES string of the molecule is CC(C)(C)c1nc2c(CCC(=O)O)cc(-c3ccc(Cl)c(C(F)(F)F)c3)cc2[nH]c1=O. The van der Waals surface area contributed by atoms with Crippen LogP contribution in [0.1, 0.15) is 44.0 Å². The normalized spacial score (nSPS) is 12.4. The first kappa shape index (κ1) is 22.8. The first-order valence-electron chi connectivity index (χ1n) is 9.43. The Hall–Kier alpha value is -2.87. The minimum absolute atomic E-state index is 0.0992. The maximum absolute atomic E-state index is 13.3. The van der Waals surface area contributed by atoms with E-state index in [1.807, 2.05) is 20.8 Å². The summed E-state index contributed by atoms with van der Waals surface area (Å²) in [6.07, 6.45) is -4.73. The first-order valence-corrected chi connectivity index (χ1v) is 9.81. The van der Waals surface area contributed by atoms with E-state index in [0.717, 1.165) is 12.1 Å². The van der Waals surface area contributed by atoms with Crippen molar-refractivity contribution in [2.24, 2.45) is 0 Å². The number of aliphatic carboxylic acids is 1. The van der Waals surface area contributed by atoms with Gasteiger partial charge in [-0.15, -0.1) is 0 Å². The number of nitrogens with one attached hydrogen (secondary N) is 1. The molecule has 9 heteroatoms. The molecular weight excluding hydrogens is 433 g/mol. The summed E-state index contributed by atoms with van der Waals surface area (Å²) in [6.45, 7) is 5.48. The number of hydrogen-bond donors (Lipinski definition) is 2. The van der Waals surface area contributed by atoms with Crippen molar-refractivity contribution < 1.29 is 23.1 Å². The van der Waals surface area contributed by atoms with Crippen LogP contribution in [0.3, 0.4) is 0 Å². The number of nitrogens with zero attached hydrogens (tertiary/aromatic N) is 1. The lowest BCUT2D eigenvalue weighted by atomic mass is 9.91. The van der Waals surface area contributed by atoms with Crippen LogP contribution in [0.15, 0.2) is 35.1 Å². The third-order valence-electron chi connectivity index (χ3n) is 4.80. The fourth-order valence-corrected chi connectivity index (χ4v) is 3.52. The van der Waals surface area contributed by atoms with E-state index in [2.05, 4.69) is 9.97 Å². The molecule has 31 heavy (non-hydrogen) atoms. The van der Waals surface area contributed by atoms with Crippen LogP contribution in [0.25, 0.3) is 22.2 Å². The number of H-pyrrole nitrogens is 1. The van der Waals surface area contributed by atoms with E-state index >= 15 is 0 Å².